The van der Waals surface area contributed by atoms with Crippen LogP contribution in [0.4, 0.5) is 0 Å². The third-order valence-corrected chi connectivity index (χ3v) is 15.7. The van der Waals surface area contributed by atoms with Gasteiger partial charge < -0.3 is 39.0 Å². The number of esters is 3. The van der Waals surface area contributed by atoms with Crippen LogP contribution in [0.15, 0.2) is 97.2 Å². The largest absolute Gasteiger partial charge is 0.479 e. The molecule has 12 nitrogen and oxygen atoms in total. The van der Waals surface area contributed by atoms with Crippen LogP contribution in [0.25, 0.3) is 0 Å². The van der Waals surface area contributed by atoms with Crippen LogP contribution in [-0.2, 0) is 42.9 Å². The van der Waals surface area contributed by atoms with Crippen LogP contribution in [0.1, 0.15) is 303 Å². The van der Waals surface area contributed by atoms with Crippen molar-refractivity contribution in [3.05, 3.63) is 97.2 Å². The summed E-state index contributed by atoms with van der Waals surface area (Å²) < 4.78 is 28.5. The summed E-state index contributed by atoms with van der Waals surface area (Å²) in [5.74, 6) is -3.22. The Hall–Kier alpha value is -4.36. The molecule has 1 heterocycles. The maximum absolute atomic E-state index is 13.3. The van der Waals surface area contributed by atoms with Gasteiger partial charge in [-0.2, -0.15) is 0 Å². The van der Waals surface area contributed by atoms with Crippen molar-refractivity contribution in [2.75, 3.05) is 13.2 Å². The Bertz CT molecular complexity index is 1880. The third-order valence-electron chi connectivity index (χ3n) is 15.7. The predicted molar refractivity (Wildman–Crippen MR) is 358 cm³/mol. The van der Waals surface area contributed by atoms with Gasteiger partial charge in [-0.05, 0) is 89.9 Å². The van der Waals surface area contributed by atoms with Gasteiger partial charge in [0.15, 0.2) is 24.6 Å². The van der Waals surface area contributed by atoms with Crippen LogP contribution in [0.3, 0.4) is 0 Å². The molecule has 0 aromatic rings. The molecule has 0 aliphatic carbocycles. The van der Waals surface area contributed by atoms with E-state index in [1.165, 1.54) is 154 Å². The molecule has 6 atom stereocenters. The first-order chi connectivity index (χ1) is 42.6. The van der Waals surface area contributed by atoms with E-state index in [4.69, 9.17) is 23.7 Å². The van der Waals surface area contributed by atoms with Gasteiger partial charge in [0.2, 0.25) is 0 Å². The second-order valence-corrected chi connectivity index (χ2v) is 23.8. The van der Waals surface area contributed by atoms with Gasteiger partial charge in [0.1, 0.15) is 18.8 Å². The van der Waals surface area contributed by atoms with E-state index in [0.717, 1.165) is 83.5 Å². The molecular formula is C75H126O12. The number of aliphatic hydroxyl groups is 2. The van der Waals surface area contributed by atoms with Crippen LogP contribution < -0.4 is 0 Å². The molecular weight excluding hydrogens is 1090 g/mol. The van der Waals surface area contributed by atoms with Crippen molar-refractivity contribution < 1.29 is 58.2 Å². The van der Waals surface area contributed by atoms with Gasteiger partial charge in [-0.25, -0.2) is 4.79 Å². The average molecular weight is 1220 g/mol. The molecule has 0 aromatic carbocycles. The first kappa shape index (κ1) is 80.7. The smallest absolute Gasteiger partial charge is 0.335 e. The fourth-order valence-electron chi connectivity index (χ4n) is 10.3. The topological polar surface area (TPSA) is 175 Å². The molecule has 0 radical (unpaired) electrons. The molecule has 1 aliphatic heterocycles. The monoisotopic (exact) mass is 1220 g/mol. The van der Waals surface area contributed by atoms with E-state index < -0.39 is 67.3 Å². The lowest BCUT2D eigenvalue weighted by molar-refractivity contribution is -0.301. The summed E-state index contributed by atoms with van der Waals surface area (Å²) in [7, 11) is 0. The van der Waals surface area contributed by atoms with E-state index >= 15 is 0 Å². The van der Waals surface area contributed by atoms with Crippen molar-refractivity contribution in [1.29, 1.82) is 0 Å². The quantitative estimate of drug-likeness (QED) is 0.0228. The minimum Gasteiger partial charge on any atom is -0.479 e. The van der Waals surface area contributed by atoms with Crippen molar-refractivity contribution in [2.45, 2.75) is 340 Å². The molecule has 1 fully saturated rings. The van der Waals surface area contributed by atoms with Gasteiger partial charge in [0.05, 0.1) is 6.61 Å². The Morgan fingerprint density at radius 3 is 1.17 bits per heavy atom. The summed E-state index contributed by atoms with van der Waals surface area (Å²) >= 11 is 0. The standard InChI is InChI=1S/C75H126O12/c1-4-7-10-13-16-19-22-25-28-31-34-37-40-43-46-49-52-55-58-61-67(76)83-64-66(85-68(77)62-59-56-53-50-47-44-41-38-35-32-29-26-23-20-17-14-11-8-5-2)65-84-75-73(71(80)70(79)72(87-75)74(81)82)86-69(78)63-60-57-54-51-48-45-42-39-36-33-30-27-24-21-18-15-12-9-6-3/h9,12,16,18-19,21,25,27-28,30,36,39,45,48,54,57,66,70-73,75,79-80H,4-8,10-11,13-15,17,20,22-24,26,29,31-35,37-38,40-44,46-47,49-53,55-56,58-65H2,1-3H3,(H,81,82)/b12-9-,19-16-,21-18-,28-25-,30-27-,39-36-,48-45-,57-54-. The highest BCUT2D eigenvalue weighted by molar-refractivity contribution is 5.74. The maximum Gasteiger partial charge on any atom is 0.335 e. The van der Waals surface area contributed by atoms with Gasteiger partial charge in [-0.1, -0.05) is 291 Å². The molecule has 498 valence electrons. The number of ether oxygens (including phenoxy) is 5. The lowest BCUT2D eigenvalue weighted by Crippen LogP contribution is -2.61. The van der Waals surface area contributed by atoms with Crippen molar-refractivity contribution in [2.24, 2.45) is 0 Å². The average Bonchev–Trinajstić information content (AvgIpc) is 2.60. The number of aliphatic carboxylic acids is 1. The highest BCUT2D eigenvalue weighted by Gasteiger charge is 2.50. The number of hydrogen-bond acceptors (Lipinski definition) is 11. The molecule has 6 unspecified atom stereocenters. The van der Waals surface area contributed by atoms with Crippen molar-refractivity contribution in [3.63, 3.8) is 0 Å². The summed E-state index contributed by atoms with van der Waals surface area (Å²) in [6.07, 6.45) is 70.9. The second kappa shape index (κ2) is 61.9. The minimum absolute atomic E-state index is 0.0670. The summed E-state index contributed by atoms with van der Waals surface area (Å²) in [4.78, 5) is 51.5. The van der Waals surface area contributed by atoms with Gasteiger partial charge >= 0.3 is 23.9 Å². The number of unbranched alkanes of at least 4 members (excludes halogenated alkanes) is 30. The zero-order valence-corrected chi connectivity index (χ0v) is 55.2. The Labute approximate surface area is 530 Å². The van der Waals surface area contributed by atoms with Gasteiger partial charge in [-0.3, -0.25) is 14.4 Å². The van der Waals surface area contributed by atoms with Gasteiger partial charge in [0, 0.05) is 19.3 Å². The Kier molecular flexibility index (Phi) is 57.3. The fraction of sp³-hybridized carbons (Fsp3) is 0.733. The normalized spacial score (nSPS) is 17.9. The number of allylic oxidation sites excluding steroid dienone is 16. The number of hydrogen-bond donors (Lipinski definition) is 3. The number of carbonyl (C=O) groups excluding carboxylic acids is 3. The van der Waals surface area contributed by atoms with E-state index in [-0.39, 0.29) is 25.9 Å². The number of carboxylic acids is 1. The third kappa shape index (κ3) is 51.1. The molecule has 12 heteroatoms. The summed E-state index contributed by atoms with van der Waals surface area (Å²) in [6.45, 7) is 5.87. The molecule has 3 N–H and O–H groups in total. The van der Waals surface area contributed by atoms with E-state index in [9.17, 15) is 34.5 Å². The van der Waals surface area contributed by atoms with Gasteiger partial charge in [0.25, 0.3) is 0 Å². The Morgan fingerprint density at radius 2 is 0.747 bits per heavy atom. The van der Waals surface area contributed by atoms with Crippen molar-refractivity contribution in [1.82, 2.24) is 0 Å². The van der Waals surface area contributed by atoms with Crippen LogP contribution in [-0.4, -0.2) is 89.2 Å². The number of aliphatic hydroxyl groups excluding tert-OH is 2. The van der Waals surface area contributed by atoms with Crippen LogP contribution in [0.5, 0.6) is 0 Å². The molecule has 0 amide bonds. The van der Waals surface area contributed by atoms with Crippen LogP contribution in [0.2, 0.25) is 0 Å². The molecule has 1 rings (SSSR count). The summed E-state index contributed by atoms with van der Waals surface area (Å²) in [6, 6.07) is 0. The lowest BCUT2D eigenvalue weighted by atomic mass is 9.98. The molecule has 1 aliphatic rings. The number of rotatable bonds is 60. The molecule has 1 saturated heterocycles. The number of carbonyl (C=O) groups is 4. The first-order valence-electron chi connectivity index (χ1n) is 35.2. The van der Waals surface area contributed by atoms with E-state index in [2.05, 4.69) is 99.8 Å². The van der Waals surface area contributed by atoms with Crippen LogP contribution in [0, 0.1) is 0 Å². The minimum atomic E-state index is -1.93. The summed E-state index contributed by atoms with van der Waals surface area (Å²) in [5.41, 5.74) is 0. The van der Waals surface area contributed by atoms with Crippen molar-refractivity contribution >= 4 is 23.9 Å². The molecule has 0 aromatic heterocycles. The zero-order valence-electron chi connectivity index (χ0n) is 55.2. The highest BCUT2D eigenvalue weighted by Crippen LogP contribution is 2.26. The second-order valence-electron chi connectivity index (χ2n) is 23.8. The molecule has 0 saturated carbocycles. The fourth-order valence-corrected chi connectivity index (χ4v) is 10.3. The maximum atomic E-state index is 13.3. The predicted octanol–water partition coefficient (Wildman–Crippen LogP) is 19.6. The van der Waals surface area contributed by atoms with Gasteiger partial charge in [-0.15, -0.1) is 0 Å². The van der Waals surface area contributed by atoms with Crippen LogP contribution >= 0.6 is 0 Å². The van der Waals surface area contributed by atoms with E-state index in [0.29, 0.717) is 25.7 Å². The lowest BCUT2D eigenvalue weighted by Gasteiger charge is -2.40. The molecule has 0 spiro atoms. The number of carboxylic acid groups (broad SMARTS) is 1. The Balaban J connectivity index is 2.67. The zero-order chi connectivity index (χ0) is 63.1. The SMILES string of the molecule is CC/C=C\C/C=C\C/C=C\C/C=C\C/C=C\C/C=C\CCC(=O)OC1C(OCC(COC(=O)CCCCCCCCCCC/C=C\C/C=C\CCCCC)OC(=O)CCCCCCCCCCCCCCCCCCCCC)OC(C(=O)O)C(O)C1O. The van der Waals surface area contributed by atoms with E-state index in [1.807, 2.05) is 18.2 Å². The summed E-state index contributed by atoms with van der Waals surface area (Å²) in [5, 5.41) is 31.6. The van der Waals surface area contributed by atoms with Crippen molar-refractivity contribution in [3.8, 4) is 0 Å². The molecule has 0 bridgehead atoms. The Morgan fingerprint density at radius 1 is 0.391 bits per heavy atom. The molecule has 87 heavy (non-hydrogen) atoms. The first-order valence-corrected chi connectivity index (χ1v) is 35.2. The highest BCUT2D eigenvalue weighted by atomic mass is 16.7. The van der Waals surface area contributed by atoms with E-state index in [1.54, 1.807) is 0 Å².